The molecule has 4 rings (SSSR count). The standard InChI is InChI=1S/C23H31NO3S.C23H31NO2S/c1-5-7-20(6-2)18-28(25,26)24(16-21-10-8-19(3)9-11-21)17-22-12-14-23(27-4)15-13-22;1-5-7-21(6-2)18-27(25,26)24(16-22-12-8-19(3)9-13-22)17-23-14-10-20(4)11-15-23/h5,8-15,20H,1,6-7,16-18H2,2-4H3;5,8-15,21H,1,6-7,16-18H2,2-4H3/t20-;21-/m10/s1. The van der Waals surface area contributed by atoms with Crippen molar-refractivity contribution in [3.8, 4) is 5.75 Å². The van der Waals surface area contributed by atoms with Crippen molar-refractivity contribution in [2.45, 2.75) is 86.5 Å². The highest BCUT2D eigenvalue weighted by atomic mass is 32.2. The summed E-state index contributed by atoms with van der Waals surface area (Å²) < 4.78 is 61.3. The van der Waals surface area contributed by atoms with Crippen LogP contribution in [-0.4, -0.2) is 44.1 Å². The van der Waals surface area contributed by atoms with Gasteiger partial charge in [-0.25, -0.2) is 16.8 Å². The monoisotopic (exact) mass is 786 g/mol. The van der Waals surface area contributed by atoms with Crippen LogP contribution < -0.4 is 4.74 Å². The zero-order valence-corrected chi connectivity index (χ0v) is 35.4. The lowest BCUT2D eigenvalue weighted by Crippen LogP contribution is -2.34. The van der Waals surface area contributed by atoms with Gasteiger partial charge in [-0.2, -0.15) is 8.61 Å². The Morgan fingerprint density at radius 2 is 0.800 bits per heavy atom. The van der Waals surface area contributed by atoms with Gasteiger partial charge in [-0.15, -0.1) is 13.2 Å². The Labute approximate surface area is 332 Å². The molecule has 55 heavy (non-hydrogen) atoms. The van der Waals surface area contributed by atoms with Crippen molar-refractivity contribution >= 4 is 20.0 Å². The molecule has 0 radical (unpaired) electrons. The molecule has 0 fully saturated rings. The van der Waals surface area contributed by atoms with E-state index in [0.717, 1.165) is 52.8 Å². The van der Waals surface area contributed by atoms with Gasteiger partial charge in [0.05, 0.1) is 18.6 Å². The number of sulfonamides is 2. The van der Waals surface area contributed by atoms with Crippen LogP contribution in [0.4, 0.5) is 0 Å². The van der Waals surface area contributed by atoms with Crippen LogP contribution in [0.5, 0.6) is 5.75 Å². The second-order valence-electron chi connectivity index (χ2n) is 14.5. The maximum absolute atomic E-state index is 13.2. The fourth-order valence-electron chi connectivity index (χ4n) is 6.11. The van der Waals surface area contributed by atoms with E-state index in [4.69, 9.17) is 4.74 Å². The minimum Gasteiger partial charge on any atom is -0.497 e. The quantitative estimate of drug-likeness (QED) is 0.0786. The third-order valence-corrected chi connectivity index (χ3v) is 13.7. The molecule has 0 aliphatic carbocycles. The number of allylic oxidation sites excluding steroid dienone is 2. The summed E-state index contributed by atoms with van der Waals surface area (Å²) in [6.45, 7) is 19.2. The predicted octanol–water partition coefficient (Wildman–Crippen LogP) is 10.2. The molecule has 2 atom stereocenters. The van der Waals surface area contributed by atoms with Gasteiger partial charge in [-0.05, 0) is 79.8 Å². The van der Waals surface area contributed by atoms with Crippen LogP contribution in [0, 0.1) is 32.6 Å². The number of benzene rings is 4. The second-order valence-corrected chi connectivity index (χ2v) is 18.5. The zero-order valence-electron chi connectivity index (χ0n) is 33.8. The van der Waals surface area contributed by atoms with Crippen LogP contribution in [-0.2, 0) is 46.2 Å². The summed E-state index contributed by atoms with van der Waals surface area (Å²) >= 11 is 0. The minimum atomic E-state index is -3.42. The fourth-order valence-corrected chi connectivity index (χ4v) is 9.85. The lowest BCUT2D eigenvalue weighted by molar-refractivity contribution is 0.391. The van der Waals surface area contributed by atoms with Gasteiger partial charge in [0.15, 0.2) is 0 Å². The maximum Gasteiger partial charge on any atom is 0.214 e. The van der Waals surface area contributed by atoms with Gasteiger partial charge in [0, 0.05) is 26.2 Å². The molecule has 4 aromatic rings. The highest BCUT2D eigenvalue weighted by Gasteiger charge is 2.27. The molecule has 4 aromatic carbocycles. The Balaban J connectivity index is 0.000000296. The average molecular weight is 787 g/mol. The van der Waals surface area contributed by atoms with Crippen molar-refractivity contribution in [2.75, 3.05) is 18.6 Å². The van der Waals surface area contributed by atoms with Gasteiger partial charge >= 0.3 is 0 Å². The lowest BCUT2D eigenvalue weighted by atomic mass is 10.1. The van der Waals surface area contributed by atoms with Gasteiger partial charge in [0.1, 0.15) is 5.75 Å². The van der Waals surface area contributed by atoms with Crippen LogP contribution in [0.3, 0.4) is 0 Å². The topological polar surface area (TPSA) is 84.0 Å². The smallest absolute Gasteiger partial charge is 0.214 e. The molecule has 0 bridgehead atoms. The van der Waals surface area contributed by atoms with Gasteiger partial charge in [-0.1, -0.05) is 140 Å². The molecule has 0 aliphatic rings. The number of rotatable bonds is 21. The highest BCUT2D eigenvalue weighted by Crippen LogP contribution is 2.23. The molecular formula is C46H62N2O5S2. The molecule has 0 amide bonds. The van der Waals surface area contributed by atoms with Crippen molar-refractivity contribution in [1.29, 1.82) is 0 Å². The summed E-state index contributed by atoms with van der Waals surface area (Å²) in [6.07, 6.45) is 6.68. The second kappa shape index (κ2) is 22.5. The van der Waals surface area contributed by atoms with Crippen molar-refractivity contribution < 1.29 is 21.6 Å². The first-order valence-corrected chi connectivity index (χ1v) is 22.4. The summed E-state index contributed by atoms with van der Waals surface area (Å²) in [5, 5.41) is 0. The summed E-state index contributed by atoms with van der Waals surface area (Å²) in [6, 6.07) is 31.7. The van der Waals surface area contributed by atoms with Crippen LogP contribution in [0.25, 0.3) is 0 Å². The van der Waals surface area contributed by atoms with Crippen LogP contribution in [0.2, 0.25) is 0 Å². The van der Waals surface area contributed by atoms with E-state index in [1.807, 2.05) is 138 Å². The minimum absolute atomic E-state index is 0.0823. The number of aryl methyl sites for hydroxylation is 3. The molecular weight excluding hydrogens is 725 g/mol. The number of hydrogen-bond acceptors (Lipinski definition) is 5. The fraction of sp³-hybridized carbons (Fsp3) is 0.391. The van der Waals surface area contributed by atoms with Gasteiger partial charge < -0.3 is 4.74 Å². The van der Waals surface area contributed by atoms with E-state index in [1.165, 1.54) is 11.1 Å². The highest BCUT2D eigenvalue weighted by molar-refractivity contribution is 7.89. The summed E-state index contributed by atoms with van der Waals surface area (Å²) in [5.74, 6) is 1.24. The average Bonchev–Trinajstić information content (AvgIpc) is 3.16. The van der Waals surface area contributed by atoms with Crippen LogP contribution in [0.15, 0.2) is 122 Å². The maximum atomic E-state index is 13.2. The molecule has 0 N–H and O–H groups in total. The van der Waals surface area contributed by atoms with Gasteiger partial charge in [0.2, 0.25) is 20.0 Å². The van der Waals surface area contributed by atoms with Crippen LogP contribution in [0.1, 0.15) is 78.5 Å². The molecule has 0 saturated carbocycles. The molecule has 298 valence electrons. The Morgan fingerprint density at radius 1 is 0.527 bits per heavy atom. The Morgan fingerprint density at radius 3 is 1.04 bits per heavy atom. The van der Waals surface area contributed by atoms with Crippen molar-refractivity contribution in [2.24, 2.45) is 11.8 Å². The van der Waals surface area contributed by atoms with Crippen molar-refractivity contribution in [1.82, 2.24) is 8.61 Å². The molecule has 0 saturated heterocycles. The molecule has 7 nitrogen and oxygen atoms in total. The number of nitrogens with zero attached hydrogens (tertiary/aromatic N) is 2. The molecule has 0 unspecified atom stereocenters. The first kappa shape index (κ1) is 45.4. The SMILES string of the molecule is C=CC[C@@H](CC)CS(=O)(=O)N(Cc1ccc(C)cc1)Cc1ccc(OC)cc1.C=CC[C@H](CC)CS(=O)(=O)N(Cc1ccc(C)cc1)Cc1ccc(C)cc1. The summed E-state index contributed by atoms with van der Waals surface area (Å²) in [7, 11) is -5.19. The predicted molar refractivity (Wildman–Crippen MR) is 230 cm³/mol. The first-order chi connectivity index (χ1) is 26.2. The third kappa shape index (κ3) is 15.6. The number of ether oxygens (including phenoxy) is 1. The molecule has 0 aromatic heterocycles. The van der Waals surface area contributed by atoms with Gasteiger partial charge in [-0.3, -0.25) is 0 Å². The van der Waals surface area contributed by atoms with E-state index in [0.29, 0.717) is 32.6 Å². The molecule has 0 spiro atoms. The van der Waals surface area contributed by atoms with E-state index >= 15 is 0 Å². The zero-order chi connectivity index (χ0) is 40.4. The molecule has 0 aliphatic heterocycles. The van der Waals surface area contributed by atoms with E-state index in [1.54, 1.807) is 21.8 Å². The van der Waals surface area contributed by atoms with Gasteiger partial charge in [0.25, 0.3) is 0 Å². The molecule has 0 heterocycles. The number of hydrogen-bond donors (Lipinski definition) is 0. The Hall–Kier alpha value is -4.02. The normalized spacial score (nSPS) is 12.8. The summed E-state index contributed by atoms with van der Waals surface area (Å²) in [4.78, 5) is 0. The van der Waals surface area contributed by atoms with Crippen molar-refractivity contribution in [3.05, 3.63) is 161 Å². The Kier molecular flexibility index (Phi) is 18.6. The number of methoxy groups -OCH3 is 1. The largest absolute Gasteiger partial charge is 0.497 e. The lowest BCUT2D eigenvalue weighted by Gasteiger charge is -2.25. The summed E-state index contributed by atoms with van der Waals surface area (Å²) in [5.41, 5.74) is 7.44. The van der Waals surface area contributed by atoms with E-state index in [-0.39, 0.29) is 23.3 Å². The Bertz CT molecular complexity index is 1910. The van der Waals surface area contributed by atoms with Crippen LogP contribution >= 0.6 is 0 Å². The van der Waals surface area contributed by atoms with E-state index in [2.05, 4.69) is 13.2 Å². The van der Waals surface area contributed by atoms with Crippen molar-refractivity contribution in [3.63, 3.8) is 0 Å². The first-order valence-electron chi connectivity index (χ1n) is 19.2. The third-order valence-electron chi connectivity index (χ3n) is 9.79. The van der Waals surface area contributed by atoms with E-state index in [9.17, 15) is 16.8 Å². The molecule has 9 heteroatoms. The van der Waals surface area contributed by atoms with E-state index < -0.39 is 20.0 Å².